The number of carbonyl (C=O) groups is 1. The second-order valence-electron chi connectivity index (χ2n) is 12.9. The van der Waals surface area contributed by atoms with Gasteiger partial charge in [-0.2, -0.15) is 4.98 Å². The van der Waals surface area contributed by atoms with Gasteiger partial charge in [0.25, 0.3) is 5.95 Å². The highest BCUT2D eigenvalue weighted by molar-refractivity contribution is 5.68. The zero-order valence-corrected chi connectivity index (χ0v) is 25.7. The lowest BCUT2D eigenvalue weighted by Crippen LogP contribution is -2.43. The van der Waals surface area contributed by atoms with Gasteiger partial charge in [0.15, 0.2) is 5.75 Å². The molecule has 1 N–H and O–H groups in total. The Labute approximate surface area is 260 Å². The maximum Gasteiger partial charge on any atom is 0.407 e. The van der Waals surface area contributed by atoms with Gasteiger partial charge in [-0.05, 0) is 74.9 Å². The normalized spacial score (nSPS) is 22.6. The molecule has 45 heavy (non-hydrogen) atoms. The van der Waals surface area contributed by atoms with Crippen molar-refractivity contribution in [3.05, 3.63) is 53.7 Å². The third kappa shape index (κ3) is 7.60. The van der Waals surface area contributed by atoms with Crippen LogP contribution < -0.4 is 19.9 Å². The largest absolute Gasteiger partial charge is 0.490 e. The van der Waals surface area contributed by atoms with Crippen molar-refractivity contribution in [3.8, 4) is 5.75 Å². The first-order valence-electron chi connectivity index (χ1n) is 15.4. The van der Waals surface area contributed by atoms with Gasteiger partial charge < -0.3 is 33.9 Å². The van der Waals surface area contributed by atoms with Gasteiger partial charge in [0.1, 0.15) is 17.2 Å². The monoisotopic (exact) mass is 627 g/mol. The molecule has 12 nitrogen and oxygen atoms in total. The third-order valence-electron chi connectivity index (χ3n) is 8.37. The fraction of sp³-hybridized carbons (Fsp3) is 0.581. The van der Waals surface area contributed by atoms with E-state index in [0.29, 0.717) is 42.7 Å². The molecule has 0 saturated carbocycles. The van der Waals surface area contributed by atoms with Crippen molar-refractivity contribution < 1.29 is 32.3 Å². The van der Waals surface area contributed by atoms with E-state index < -0.39 is 35.3 Å². The zero-order valence-electron chi connectivity index (χ0n) is 25.7. The molecule has 14 heteroatoms. The molecule has 3 aromatic rings. The number of rotatable bonds is 8. The van der Waals surface area contributed by atoms with E-state index in [9.17, 15) is 13.6 Å². The summed E-state index contributed by atoms with van der Waals surface area (Å²) < 4.78 is 51.2. The van der Waals surface area contributed by atoms with Crippen molar-refractivity contribution in [1.29, 1.82) is 0 Å². The summed E-state index contributed by atoms with van der Waals surface area (Å²) in [6.45, 7) is 9.35. The molecule has 3 saturated heterocycles. The Balaban J connectivity index is 1.03. The summed E-state index contributed by atoms with van der Waals surface area (Å²) in [6, 6.07) is 2.78. The van der Waals surface area contributed by atoms with Gasteiger partial charge in [-0.15, -0.1) is 0 Å². The highest BCUT2D eigenvalue weighted by atomic mass is 19.1. The summed E-state index contributed by atoms with van der Waals surface area (Å²) in [5.41, 5.74) is -0.533. The van der Waals surface area contributed by atoms with Crippen LogP contribution in [0.1, 0.15) is 63.3 Å². The predicted octanol–water partition coefficient (Wildman–Crippen LogP) is 4.43. The van der Waals surface area contributed by atoms with E-state index in [1.807, 2.05) is 4.90 Å². The first-order valence-corrected chi connectivity index (χ1v) is 15.4. The number of hydrogen-bond donors (Lipinski definition) is 1. The van der Waals surface area contributed by atoms with Crippen molar-refractivity contribution in [2.24, 2.45) is 5.92 Å². The van der Waals surface area contributed by atoms with Gasteiger partial charge in [-0.1, -0.05) is 0 Å². The van der Waals surface area contributed by atoms with Crippen molar-refractivity contribution in [2.45, 2.75) is 63.5 Å². The fourth-order valence-corrected chi connectivity index (χ4v) is 6.00. The highest BCUT2D eigenvalue weighted by Gasteiger charge is 2.38. The molecule has 2 aromatic heterocycles. The summed E-state index contributed by atoms with van der Waals surface area (Å²) in [5.74, 6) is 1.12. The Kier molecular flexibility index (Phi) is 9.02. The van der Waals surface area contributed by atoms with E-state index in [4.69, 9.17) is 18.7 Å². The number of ether oxygens (including phenoxy) is 3. The van der Waals surface area contributed by atoms with E-state index in [1.54, 1.807) is 33.2 Å². The molecule has 5 heterocycles. The standard InChI is InChI=1S/C31H39F2N7O5/c1-31(2,3)44-30(41)36-26-16-40(15-24(26)23-12-21(32)4-5-25(23)33)28-34-13-22(14-35-28)43-17-19-6-9-39(10-7-19)29-37-27(45-38-29)20-8-11-42-18-20/h4-5,12-14,19-20,24,26H,6-11,15-18H2,1-3H3,(H,36,41)/t20?,24-,26+/m1/s1. The summed E-state index contributed by atoms with van der Waals surface area (Å²) in [6.07, 6.45) is 5.34. The number of benzene rings is 1. The van der Waals surface area contributed by atoms with Gasteiger partial charge in [0.2, 0.25) is 11.8 Å². The maximum atomic E-state index is 14.8. The van der Waals surface area contributed by atoms with Gasteiger partial charge in [-0.25, -0.2) is 23.5 Å². The van der Waals surface area contributed by atoms with Gasteiger partial charge in [0.05, 0.1) is 37.6 Å². The quantitative estimate of drug-likeness (QED) is 0.381. The molecule has 1 amide bonds. The van der Waals surface area contributed by atoms with Crippen molar-refractivity contribution in [2.75, 3.05) is 55.8 Å². The molecule has 0 aliphatic carbocycles. The Bertz CT molecular complexity index is 1450. The van der Waals surface area contributed by atoms with Gasteiger partial charge >= 0.3 is 6.09 Å². The Hall–Kier alpha value is -4.07. The number of carbonyl (C=O) groups excluding carboxylic acids is 1. The van der Waals surface area contributed by atoms with Gasteiger partial charge in [0, 0.05) is 38.7 Å². The van der Waals surface area contributed by atoms with E-state index in [0.717, 1.165) is 51.1 Å². The number of nitrogens with one attached hydrogen (secondary N) is 1. The minimum Gasteiger partial charge on any atom is -0.490 e. The number of halogens is 2. The zero-order chi connectivity index (χ0) is 31.6. The molecule has 3 aliphatic heterocycles. The molecule has 3 atom stereocenters. The van der Waals surface area contributed by atoms with Crippen LogP contribution in [0, 0.1) is 17.6 Å². The Morgan fingerprint density at radius 2 is 1.84 bits per heavy atom. The van der Waals surface area contributed by atoms with Crippen LogP contribution in [0.4, 0.5) is 25.5 Å². The van der Waals surface area contributed by atoms with Crippen LogP contribution >= 0.6 is 0 Å². The smallest absolute Gasteiger partial charge is 0.407 e. The van der Waals surface area contributed by atoms with E-state index in [-0.39, 0.29) is 24.6 Å². The average Bonchev–Trinajstić information content (AvgIpc) is 3.79. The molecule has 0 radical (unpaired) electrons. The lowest BCUT2D eigenvalue weighted by atomic mass is 9.94. The van der Waals surface area contributed by atoms with E-state index >= 15 is 0 Å². The SMILES string of the molecule is CC(C)(C)OC(=O)N[C@H]1CN(c2ncc(OCC3CCN(c4noc(C5CCOC5)n4)CC3)cn2)C[C@@H]1c1cc(F)ccc1F. The first-order chi connectivity index (χ1) is 21.6. The molecule has 3 aliphatic rings. The molecule has 1 unspecified atom stereocenters. The van der Waals surface area contributed by atoms with Crippen molar-refractivity contribution >= 4 is 18.0 Å². The van der Waals surface area contributed by atoms with Crippen LogP contribution in [0.25, 0.3) is 0 Å². The predicted molar refractivity (Wildman–Crippen MR) is 159 cm³/mol. The summed E-state index contributed by atoms with van der Waals surface area (Å²) in [7, 11) is 0. The topological polar surface area (TPSA) is 128 Å². The average molecular weight is 628 g/mol. The number of piperidine rings is 1. The third-order valence-corrected chi connectivity index (χ3v) is 8.37. The van der Waals surface area contributed by atoms with Crippen LogP contribution in [0.5, 0.6) is 5.75 Å². The maximum absolute atomic E-state index is 14.8. The van der Waals surface area contributed by atoms with Crippen LogP contribution in [0.15, 0.2) is 35.1 Å². The first kappa shape index (κ1) is 30.9. The summed E-state index contributed by atoms with van der Waals surface area (Å²) >= 11 is 0. The van der Waals surface area contributed by atoms with Crippen LogP contribution in [-0.4, -0.2) is 83.8 Å². The molecular formula is C31H39F2N7O5. The lowest BCUT2D eigenvalue weighted by molar-refractivity contribution is 0.0504. The number of anilines is 2. The van der Waals surface area contributed by atoms with Crippen molar-refractivity contribution in [3.63, 3.8) is 0 Å². The minimum atomic E-state index is -0.707. The molecular weight excluding hydrogens is 588 g/mol. The molecule has 0 spiro atoms. The van der Waals surface area contributed by atoms with Crippen LogP contribution in [0.3, 0.4) is 0 Å². The van der Waals surface area contributed by atoms with Crippen LogP contribution in [-0.2, 0) is 9.47 Å². The second kappa shape index (κ2) is 13.1. The van der Waals surface area contributed by atoms with Crippen molar-refractivity contribution in [1.82, 2.24) is 25.4 Å². The fourth-order valence-electron chi connectivity index (χ4n) is 6.00. The molecule has 0 bridgehead atoms. The second-order valence-corrected chi connectivity index (χ2v) is 12.9. The molecule has 242 valence electrons. The minimum absolute atomic E-state index is 0.174. The highest BCUT2D eigenvalue weighted by Crippen LogP contribution is 2.33. The molecule has 6 rings (SSSR count). The van der Waals surface area contributed by atoms with Crippen LogP contribution in [0.2, 0.25) is 0 Å². The number of aromatic nitrogens is 4. The summed E-state index contributed by atoms with van der Waals surface area (Å²) in [5, 5.41) is 7.01. The summed E-state index contributed by atoms with van der Waals surface area (Å²) in [4.78, 5) is 30.1. The van der Waals surface area contributed by atoms with E-state index in [1.165, 1.54) is 6.07 Å². The number of hydrogen-bond acceptors (Lipinski definition) is 11. The number of nitrogens with zero attached hydrogens (tertiary/aromatic N) is 6. The Morgan fingerprint density at radius 3 is 2.56 bits per heavy atom. The Morgan fingerprint density at radius 1 is 1.07 bits per heavy atom. The van der Waals surface area contributed by atoms with Gasteiger partial charge in [-0.3, -0.25) is 0 Å². The number of alkyl carbamates (subject to hydrolysis) is 1. The molecule has 3 fully saturated rings. The lowest BCUT2D eigenvalue weighted by Gasteiger charge is -2.30. The number of amides is 1. The molecule has 1 aromatic carbocycles. The van der Waals surface area contributed by atoms with E-state index in [2.05, 4.69) is 30.3 Å².